The predicted octanol–water partition coefficient (Wildman–Crippen LogP) is 2.66. The lowest BCUT2D eigenvalue weighted by Gasteiger charge is -1.93. The highest BCUT2D eigenvalue weighted by Gasteiger charge is 2.09. The fraction of sp³-hybridized carbons (Fsp3) is 0. The topological polar surface area (TPSA) is 53.1 Å². The number of carbonyl (C=O) groups is 1. The summed E-state index contributed by atoms with van der Waals surface area (Å²) < 4.78 is 1.31. The van der Waals surface area contributed by atoms with Crippen LogP contribution in [0.1, 0.15) is 10.4 Å². The van der Waals surface area contributed by atoms with E-state index in [1.165, 1.54) is 11.3 Å². The van der Waals surface area contributed by atoms with E-state index >= 15 is 0 Å². The van der Waals surface area contributed by atoms with Crippen molar-refractivity contribution in [2.45, 2.75) is 0 Å². The molecule has 2 rings (SSSR count). The van der Waals surface area contributed by atoms with Crippen LogP contribution >= 0.6 is 23.6 Å². The fourth-order valence-corrected chi connectivity index (χ4v) is 2.34. The Kier molecular flexibility index (Phi) is 1.90. The van der Waals surface area contributed by atoms with E-state index in [4.69, 9.17) is 17.3 Å². The standard InChI is InChI=1S/C8H5NO2S2/c10-7(11)4-2-1-3-5-6(4)13-8(12)9-5/h1-3H,(H,9,12)(H,10,11). The van der Waals surface area contributed by atoms with E-state index in [1.54, 1.807) is 12.1 Å². The molecule has 1 heterocycles. The van der Waals surface area contributed by atoms with Crippen LogP contribution in [0.15, 0.2) is 18.2 Å². The number of rotatable bonds is 1. The summed E-state index contributed by atoms with van der Waals surface area (Å²) in [4.78, 5) is 13.7. The third-order valence-electron chi connectivity index (χ3n) is 1.68. The number of carboxylic acids is 1. The van der Waals surface area contributed by atoms with Gasteiger partial charge in [-0.05, 0) is 24.4 Å². The Morgan fingerprint density at radius 3 is 3.00 bits per heavy atom. The minimum atomic E-state index is -0.921. The van der Waals surface area contributed by atoms with Gasteiger partial charge in [-0.2, -0.15) is 0 Å². The molecule has 1 aromatic carbocycles. The average molecular weight is 211 g/mol. The molecule has 0 saturated heterocycles. The number of fused-ring (bicyclic) bond motifs is 1. The Labute approximate surface area is 82.7 Å². The lowest BCUT2D eigenvalue weighted by Crippen LogP contribution is -1.95. The maximum atomic E-state index is 10.8. The van der Waals surface area contributed by atoms with E-state index in [1.807, 2.05) is 6.07 Å². The van der Waals surface area contributed by atoms with Gasteiger partial charge >= 0.3 is 5.97 Å². The van der Waals surface area contributed by atoms with E-state index in [0.717, 1.165) is 5.52 Å². The zero-order chi connectivity index (χ0) is 9.42. The molecule has 0 atom stereocenters. The molecule has 0 saturated carbocycles. The molecule has 0 radical (unpaired) electrons. The van der Waals surface area contributed by atoms with E-state index in [-0.39, 0.29) is 0 Å². The van der Waals surface area contributed by atoms with E-state index in [2.05, 4.69) is 4.98 Å². The number of H-pyrrole nitrogens is 1. The van der Waals surface area contributed by atoms with Crippen molar-refractivity contribution in [3.05, 3.63) is 27.7 Å². The van der Waals surface area contributed by atoms with Gasteiger partial charge in [-0.1, -0.05) is 6.07 Å². The van der Waals surface area contributed by atoms with E-state index in [9.17, 15) is 4.79 Å². The molecular weight excluding hydrogens is 206 g/mol. The first-order valence-electron chi connectivity index (χ1n) is 3.53. The highest BCUT2D eigenvalue weighted by molar-refractivity contribution is 7.73. The highest BCUT2D eigenvalue weighted by atomic mass is 32.1. The molecule has 1 aromatic heterocycles. The number of thiazole rings is 1. The highest BCUT2D eigenvalue weighted by Crippen LogP contribution is 2.23. The van der Waals surface area contributed by atoms with Gasteiger partial charge in [0, 0.05) is 0 Å². The van der Waals surface area contributed by atoms with Gasteiger partial charge in [0.15, 0.2) is 3.95 Å². The Morgan fingerprint density at radius 2 is 2.31 bits per heavy atom. The minimum absolute atomic E-state index is 0.301. The second kappa shape index (κ2) is 2.93. The molecule has 0 unspecified atom stereocenters. The second-order valence-electron chi connectivity index (χ2n) is 2.50. The Morgan fingerprint density at radius 1 is 1.54 bits per heavy atom. The van der Waals surface area contributed by atoms with Crippen LogP contribution in [-0.2, 0) is 0 Å². The van der Waals surface area contributed by atoms with Crippen molar-refractivity contribution >= 4 is 39.7 Å². The first-order chi connectivity index (χ1) is 6.18. The lowest BCUT2D eigenvalue weighted by molar-refractivity contribution is 0.0699. The molecule has 0 aliphatic carbocycles. The van der Waals surface area contributed by atoms with E-state index in [0.29, 0.717) is 14.2 Å². The van der Waals surface area contributed by atoms with Gasteiger partial charge in [0.2, 0.25) is 0 Å². The summed E-state index contributed by atoms with van der Waals surface area (Å²) in [6, 6.07) is 5.08. The third-order valence-corrected chi connectivity index (χ3v) is 2.96. The van der Waals surface area contributed by atoms with Crippen LogP contribution in [0.3, 0.4) is 0 Å². The molecule has 66 valence electrons. The summed E-state index contributed by atoms with van der Waals surface area (Å²) in [7, 11) is 0. The van der Waals surface area contributed by atoms with Gasteiger partial charge in [0.25, 0.3) is 0 Å². The van der Waals surface area contributed by atoms with Gasteiger partial charge in [-0.3, -0.25) is 0 Å². The fourth-order valence-electron chi connectivity index (χ4n) is 1.14. The molecule has 5 heteroatoms. The van der Waals surface area contributed by atoms with Crippen molar-refractivity contribution in [2.75, 3.05) is 0 Å². The number of nitrogens with one attached hydrogen (secondary N) is 1. The summed E-state index contributed by atoms with van der Waals surface area (Å²) in [6.45, 7) is 0. The Balaban J connectivity index is 2.90. The second-order valence-corrected chi connectivity index (χ2v) is 4.19. The monoisotopic (exact) mass is 211 g/mol. The molecule has 0 bridgehead atoms. The van der Waals surface area contributed by atoms with Crippen LogP contribution in [0, 0.1) is 3.95 Å². The summed E-state index contributed by atoms with van der Waals surface area (Å²) in [5.74, 6) is -0.921. The minimum Gasteiger partial charge on any atom is -0.478 e. The normalized spacial score (nSPS) is 10.5. The molecule has 13 heavy (non-hydrogen) atoms. The van der Waals surface area contributed by atoms with Crippen molar-refractivity contribution in [3.8, 4) is 0 Å². The first kappa shape index (κ1) is 8.40. The largest absolute Gasteiger partial charge is 0.478 e. The molecule has 3 nitrogen and oxygen atoms in total. The maximum Gasteiger partial charge on any atom is 0.337 e. The Bertz CT molecular complexity index is 526. The number of hydrogen-bond acceptors (Lipinski definition) is 3. The number of benzene rings is 1. The quantitative estimate of drug-likeness (QED) is 0.713. The summed E-state index contributed by atoms with van der Waals surface area (Å²) >= 11 is 6.21. The number of hydrogen-bond donors (Lipinski definition) is 2. The van der Waals surface area contributed by atoms with Gasteiger partial charge in [-0.25, -0.2) is 4.79 Å². The van der Waals surface area contributed by atoms with Crippen LogP contribution in [0.25, 0.3) is 10.2 Å². The zero-order valence-corrected chi connectivity index (χ0v) is 8.04. The van der Waals surface area contributed by atoms with Crippen molar-refractivity contribution in [2.24, 2.45) is 0 Å². The zero-order valence-electron chi connectivity index (χ0n) is 6.40. The number of aromatic carboxylic acids is 1. The van der Waals surface area contributed by atoms with Gasteiger partial charge < -0.3 is 10.1 Å². The predicted molar refractivity (Wildman–Crippen MR) is 54.0 cm³/mol. The summed E-state index contributed by atoms with van der Waals surface area (Å²) in [5.41, 5.74) is 1.09. The molecule has 0 fully saturated rings. The molecular formula is C8H5NO2S2. The smallest absolute Gasteiger partial charge is 0.337 e. The van der Waals surface area contributed by atoms with Crippen molar-refractivity contribution in [1.29, 1.82) is 0 Å². The average Bonchev–Trinajstić information content (AvgIpc) is 2.43. The van der Waals surface area contributed by atoms with Crippen LogP contribution in [0.2, 0.25) is 0 Å². The van der Waals surface area contributed by atoms with Crippen molar-refractivity contribution in [1.82, 2.24) is 4.98 Å². The van der Waals surface area contributed by atoms with Gasteiger partial charge in [-0.15, -0.1) is 11.3 Å². The molecule has 2 N–H and O–H groups in total. The van der Waals surface area contributed by atoms with Crippen molar-refractivity contribution < 1.29 is 9.90 Å². The summed E-state index contributed by atoms with van der Waals surface area (Å²) in [5, 5.41) is 8.85. The molecule has 2 aromatic rings. The van der Waals surface area contributed by atoms with Crippen LogP contribution in [0.4, 0.5) is 0 Å². The number of aromatic amines is 1. The SMILES string of the molecule is O=C(O)c1cccc2[nH]c(=S)sc12. The van der Waals surface area contributed by atoms with Crippen LogP contribution in [-0.4, -0.2) is 16.1 Å². The van der Waals surface area contributed by atoms with Gasteiger partial charge in [0.1, 0.15) is 0 Å². The molecule has 0 spiro atoms. The first-order valence-corrected chi connectivity index (χ1v) is 4.76. The van der Waals surface area contributed by atoms with E-state index < -0.39 is 5.97 Å². The molecule has 0 aliphatic heterocycles. The summed E-state index contributed by atoms with van der Waals surface area (Å²) in [6.07, 6.45) is 0. The lowest BCUT2D eigenvalue weighted by atomic mass is 10.2. The van der Waals surface area contributed by atoms with Crippen molar-refractivity contribution in [3.63, 3.8) is 0 Å². The third kappa shape index (κ3) is 1.36. The van der Waals surface area contributed by atoms with Gasteiger partial charge in [0.05, 0.1) is 15.8 Å². The van der Waals surface area contributed by atoms with Crippen LogP contribution < -0.4 is 0 Å². The molecule has 0 amide bonds. The Hall–Kier alpha value is -1.20. The number of aromatic nitrogens is 1. The van der Waals surface area contributed by atoms with Crippen LogP contribution in [0.5, 0.6) is 0 Å². The maximum absolute atomic E-state index is 10.8. The molecule has 0 aliphatic rings. The number of carboxylic acid groups (broad SMARTS) is 1.